The van der Waals surface area contributed by atoms with Crippen LogP contribution >= 0.6 is 11.3 Å². The van der Waals surface area contributed by atoms with E-state index < -0.39 is 0 Å². The SMILES string of the molecule is c1ccc2c3c(ccc2c1)-c1cccc2cccc(c12)N3c1nc(-c2cccc3oc4ccccc4c23)nc(-c2cccc3sc4ccccc4c23)n1. The molecule has 0 unspecified atom stereocenters. The van der Waals surface area contributed by atoms with Crippen molar-refractivity contribution in [3.05, 3.63) is 158 Å². The van der Waals surface area contributed by atoms with E-state index in [9.17, 15) is 0 Å². The van der Waals surface area contributed by atoms with E-state index in [2.05, 4.69) is 138 Å². The molecule has 0 bridgehead atoms. The monoisotopic (exact) mass is 694 g/mol. The van der Waals surface area contributed by atoms with Crippen molar-refractivity contribution < 1.29 is 4.42 Å². The van der Waals surface area contributed by atoms with E-state index in [1.165, 1.54) is 31.1 Å². The number of benzene rings is 8. The average Bonchev–Trinajstić information content (AvgIpc) is 3.80. The summed E-state index contributed by atoms with van der Waals surface area (Å²) in [6, 6.07) is 55.5. The Morgan fingerprint density at radius 2 is 1.06 bits per heavy atom. The standard InChI is InChI=1S/C47H26N4OS/c1-2-14-29-27(11-1)25-26-31-30-17-7-12-28-13-8-20-36(41(28)30)51(44(29)31)47-49-45(34-18-9-22-38-42(34)32-15-3-5-21-37(32)52-38)48-46(50-47)35-19-10-24-40-43(35)33-16-4-6-23-39(33)53-40/h1-26H. The summed E-state index contributed by atoms with van der Waals surface area (Å²) in [4.78, 5) is 18.6. The molecule has 0 atom stereocenters. The van der Waals surface area contributed by atoms with E-state index in [0.717, 1.165) is 66.2 Å². The van der Waals surface area contributed by atoms with Gasteiger partial charge >= 0.3 is 0 Å². The number of furan rings is 1. The molecule has 8 aromatic carbocycles. The van der Waals surface area contributed by atoms with Crippen LogP contribution in [0.1, 0.15) is 0 Å². The maximum Gasteiger partial charge on any atom is 0.238 e. The molecule has 5 nitrogen and oxygen atoms in total. The fourth-order valence-electron chi connectivity index (χ4n) is 8.40. The van der Waals surface area contributed by atoms with Crippen LogP contribution < -0.4 is 4.90 Å². The lowest BCUT2D eigenvalue weighted by Gasteiger charge is -2.33. The van der Waals surface area contributed by atoms with Gasteiger partial charge in [0.25, 0.3) is 0 Å². The summed E-state index contributed by atoms with van der Waals surface area (Å²) >= 11 is 1.79. The third-order valence-electron chi connectivity index (χ3n) is 10.6. The number of hydrogen-bond acceptors (Lipinski definition) is 6. The van der Waals surface area contributed by atoms with Crippen LogP contribution in [0.15, 0.2) is 162 Å². The van der Waals surface area contributed by atoms with Crippen LogP contribution in [0.3, 0.4) is 0 Å². The van der Waals surface area contributed by atoms with E-state index in [0.29, 0.717) is 17.6 Å². The smallest absolute Gasteiger partial charge is 0.238 e. The van der Waals surface area contributed by atoms with E-state index >= 15 is 0 Å². The average molecular weight is 695 g/mol. The Morgan fingerprint density at radius 3 is 1.94 bits per heavy atom. The number of para-hydroxylation sites is 1. The highest BCUT2D eigenvalue weighted by molar-refractivity contribution is 7.25. The van der Waals surface area contributed by atoms with E-state index in [-0.39, 0.29) is 0 Å². The van der Waals surface area contributed by atoms with Gasteiger partial charge in [-0.15, -0.1) is 11.3 Å². The second-order valence-electron chi connectivity index (χ2n) is 13.5. The summed E-state index contributed by atoms with van der Waals surface area (Å²) in [5.41, 5.74) is 7.94. The van der Waals surface area contributed by atoms with Gasteiger partial charge in [-0.05, 0) is 46.7 Å². The van der Waals surface area contributed by atoms with Gasteiger partial charge in [-0.2, -0.15) is 9.97 Å². The molecule has 0 saturated heterocycles. The summed E-state index contributed by atoms with van der Waals surface area (Å²) < 4.78 is 8.80. The first-order chi connectivity index (χ1) is 26.3. The Hall–Kier alpha value is -6.89. The summed E-state index contributed by atoms with van der Waals surface area (Å²) in [5.74, 6) is 1.77. The van der Waals surface area contributed by atoms with Gasteiger partial charge in [-0.25, -0.2) is 4.98 Å². The molecule has 53 heavy (non-hydrogen) atoms. The number of thiophene rings is 1. The van der Waals surface area contributed by atoms with E-state index in [1.54, 1.807) is 11.3 Å². The van der Waals surface area contributed by atoms with E-state index in [1.807, 2.05) is 24.3 Å². The predicted molar refractivity (Wildman–Crippen MR) is 220 cm³/mol. The molecule has 0 fully saturated rings. The first kappa shape index (κ1) is 28.8. The van der Waals surface area contributed by atoms with Crippen molar-refractivity contribution in [1.82, 2.24) is 15.0 Å². The van der Waals surface area contributed by atoms with Crippen molar-refractivity contribution >= 4 is 92.3 Å². The molecule has 0 amide bonds. The fourth-order valence-corrected chi connectivity index (χ4v) is 9.53. The summed E-state index contributed by atoms with van der Waals surface area (Å²) in [5, 5.41) is 9.00. The summed E-state index contributed by atoms with van der Waals surface area (Å²) in [6.07, 6.45) is 0. The first-order valence-electron chi connectivity index (χ1n) is 17.7. The molecule has 246 valence electrons. The quantitative estimate of drug-likeness (QED) is 0.184. The lowest BCUT2D eigenvalue weighted by Crippen LogP contribution is -2.19. The van der Waals surface area contributed by atoms with Gasteiger partial charge in [0.2, 0.25) is 5.95 Å². The molecule has 0 spiro atoms. The van der Waals surface area contributed by atoms with Crippen molar-refractivity contribution in [3.63, 3.8) is 0 Å². The minimum atomic E-state index is 0.561. The minimum absolute atomic E-state index is 0.561. The van der Waals surface area contributed by atoms with Gasteiger partial charge in [0.15, 0.2) is 11.6 Å². The molecule has 12 rings (SSSR count). The maximum absolute atomic E-state index is 6.36. The zero-order valence-corrected chi connectivity index (χ0v) is 28.9. The van der Waals surface area contributed by atoms with Crippen LogP contribution in [-0.2, 0) is 0 Å². The molecule has 1 aliphatic heterocycles. The van der Waals surface area contributed by atoms with E-state index in [4.69, 9.17) is 19.4 Å². The molecule has 4 heterocycles. The van der Waals surface area contributed by atoms with Crippen LogP contribution in [0.25, 0.3) is 97.6 Å². The summed E-state index contributed by atoms with van der Waals surface area (Å²) in [7, 11) is 0. The topological polar surface area (TPSA) is 55.1 Å². The van der Waals surface area contributed by atoms with Crippen molar-refractivity contribution in [2.45, 2.75) is 0 Å². The lowest BCUT2D eigenvalue weighted by molar-refractivity contribution is 0.669. The van der Waals surface area contributed by atoms with Crippen molar-refractivity contribution in [2.24, 2.45) is 0 Å². The molecular formula is C47H26N4OS. The Kier molecular flexibility index (Phi) is 5.87. The van der Waals surface area contributed by atoms with Gasteiger partial charge in [0, 0.05) is 58.4 Å². The summed E-state index contributed by atoms with van der Waals surface area (Å²) in [6.45, 7) is 0. The van der Waals surface area contributed by atoms with Crippen LogP contribution in [0.5, 0.6) is 0 Å². The zero-order valence-electron chi connectivity index (χ0n) is 28.1. The highest BCUT2D eigenvalue weighted by Crippen LogP contribution is 2.53. The van der Waals surface area contributed by atoms with Gasteiger partial charge in [-0.3, -0.25) is 4.90 Å². The van der Waals surface area contributed by atoms with Crippen molar-refractivity contribution in [1.29, 1.82) is 0 Å². The lowest BCUT2D eigenvalue weighted by atomic mass is 9.89. The maximum atomic E-state index is 6.36. The fraction of sp³-hybridized carbons (Fsp3) is 0. The molecule has 1 aliphatic rings. The van der Waals surface area contributed by atoms with Gasteiger partial charge in [-0.1, -0.05) is 127 Å². The second-order valence-corrected chi connectivity index (χ2v) is 14.6. The highest BCUT2D eigenvalue weighted by atomic mass is 32.1. The van der Waals surface area contributed by atoms with Crippen LogP contribution in [-0.4, -0.2) is 15.0 Å². The molecule has 6 heteroatoms. The van der Waals surface area contributed by atoms with Crippen molar-refractivity contribution in [3.8, 4) is 33.9 Å². The normalized spacial score (nSPS) is 12.5. The Bertz CT molecular complexity index is 3190. The van der Waals surface area contributed by atoms with Gasteiger partial charge in [0.05, 0.1) is 11.4 Å². The number of rotatable bonds is 3. The number of fused-ring (bicyclic) bond motifs is 10. The molecule has 0 saturated carbocycles. The molecule has 3 aromatic heterocycles. The third kappa shape index (κ3) is 4.09. The minimum Gasteiger partial charge on any atom is -0.456 e. The first-order valence-corrected chi connectivity index (χ1v) is 18.5. The van der Waals surface area contributed by atoms with Crippen molar-refractivity contribution in [2.75, 3.05) is 4.90 Å². The number of anilines is 3. The molecule has 11 aromatic rings. The predicted octanol–water partition coefficient (Wildman–Crippen LogP) is 13.2. The Morgan fingerprint density at radius 1 is 0.415 bits per heavy atom. The molecule has 0 radical (unpaired) electrons. The molecular weight excluding hydrogens is 669 g/mol. The number of nitrogens with zero attached hydrogens (tertiary/aromatic N) is 4. The Labute approximate surface area is 307 Å². The van der Waals surface area contributed by atoms with Gasteiger partial charge < -0.3 is 4.42 Å². The molecule has 0 N–H and O–H groups in total. The highest BCUT2D eigenvalue weighted by Gasteiger charge is 2.31. The van der Waals surface area contributed by atoms with Gasteiger partial charge in [0.1, 0.15) is 11.2 Å². The third-order valence-corrected chi connectivity index (χ3v) is 11.8. The number of hydrogen-bond donors (Lipinski definition) is 0. The number of aromatic nitrogens is 3. The zero-order chi connectivity index (χ0) is 34.6. The van der Waals surface area contributed by atoms with Crippen LogP contribution in [0.4, 0.5) is 17.3 Å². The van der Waals surface area contributed by atoms with Crippen LogP contribution in [0.2, 0.25) is 0 Å². The van der Waals surface area contributed by atoms with Crippen LogP contribution in [0, 0.1) is 0 Å². The largest absolute Gasteiger partial charge is 0.456 e. The Balaban J connectivity index is 1.23. The molecule has 0 aliphatic carbocycles. The second kappa shape index (κ2) is 10.8.